The molecule has 0 spiro atoms. The Balaban J connectivity index is 2.15. The lowest BCUT2D eigenvalue weighted by Gasteiger charge is -2.02. The minimum absolute atomic E-state index is 0.995. The van der Waals surface area contributed by atoms with Crippen LogP contribution in [0.5, 0.6) is 0 Å². The van der Waals surface area contributed by atoms with Crippen LogP contribution < -0.4 is 5.32 Å². The average molecular weight is 252 g/mol. The summed E-state index contributed by atoms with van der Waals surface area (Å²) in [6.45, 7) is 0. The van der Waals surface area contributed by atoms with E-state index in [9.17, 15) is 0 Å². The molecule has 1 N–H and O–H groups in total. The van der Waals surface area contributed by atoms with E-state index in [0.29, 0.717) is 0 Å². The summed E-state index contributed by atoms with van der Waals surface area (Å²) in [7, 11) is 1.90. The molecule has 1 aromatic carbocycles. The van der Waals surface area contributed by atoms with Gasteiger partial charge in [0.05, 0.1) is 11.9 Å². The van der Waals surface area contributed by atoms with Crippen LogP contribution in [0.2, 0.25) is 0 Å². The van der Waals surface area contributed by atoms with Gasteiger partial charge in [-0.3, -0.25) is 4.68 Å². The van der Waals surface area contributed by atoms with Crippen molar-refractivity contribution in [3.63, 3.8) is 0 Å². The first-order valence-corrected chi connectivity index (χ1v) is 5.04. The van der Waals surface area contributed by atoms with Crippen LogP contribution in [0.3, 0.4) is 0 Å². The molecule has 1 heterocycles. The summed E-state index contributed by atoms with van der Waals surface area (Å²) in [5.74, 6) is 0. The van der Waals surface area contributed by atoms with Gasteiger partial charge < -0.3 is 5.32 Å². The molecule has 0 amide bonds. The molecule has 0 fully saturated rings. The van der Waals surface area contributed by atoms with E-state index in [4.69, 9.17) is 0 Å². The lowest BCUT2D eigenvalue weighted by atomic mass is 10.3. The van der Waals surface area contributed by atoms with Crippen molar-refractivity contribution < 1.29 is 0 Å². The van der Waals surface area contributed by atoms with Crippen LogP contribution in [-0.4, -0.2) is 9.78 Å². The minimum atomic E-state index is 0.995. The number of hydrogen-bond acceptors (Lipinski definition) is 2. The number of anilines is 2. The van der Waals surface area contributed by atoms with E-state index in [2.05, 4.69) is 26.3 Å². The van der Waals surface area contributed by atoms with E-state index >= 15 is 0 Å². The van der Waals surface area contributed by atoms with Gasteiger partial charge in [-0.2, -0.15) is 5.10 Å². The molecular formula is C10H10BrN3. The fourth-order valence-electron chi connectivity index (χ4n) is 1.19. The van der Waals surface area contributed by atoms with Crippen molar-refractivity contribution in [1.29, 1.82) is 0 Å². The molecule has 3 nitrogen and oxygen atoms in total. The summed E-state index contributed by atoms with van der Waals surface area (Å²) in [6, 6.07) is 8.02. The van der Waals surface area contributed by atoms with Crippen molar-refractivity contribution >= 4 is 27.3 Å². The number of nitrogens with zero attached hydrogens (tertiary/aromatic N) is 2. The van der Waals surface area contributed by atoms with Crippen molar-refractivity contribution in [2.75, 3.05) is 5.32 Å². The Morgan fingerprint density at radius 1 is 1.21 bits per heavy atom. The highest BCUT2D eigenvalue weighted by Crippen LogP contribution is 2.18. The van der Waals surface area contributed by atoms with Gasteiger partial charge >= 0.3 is 0 Å². The van der Waals surface area contributed by atoms with E-state index in [1.54, 1.807) is 10.9 Å². The standard InChI is InChI=1S/C10H10BrN3/c1-14-7-10(6-12-14)13-9-4-2-8(11)3-5-9/h2-7,13H,1H3. The fourth-order valence-corrected chi connectivity index (χ4v) is 1.45. The quantitative estimate of drug-likeness (QED) is 0.890. The van der Waals surface area contributed by atoms with Crippen LogP contribution in [0.4, 0.5) is 11.4 Å². The molecule has 0 saturated carbocycles. The van der Waals surface area contributed by atoms with Crippen LogP contribution >= 0.6 is 15.9 Å². The van der Waals surface area contributed by atoms with Gasteiger partial charge in [-0.15, -0.1) is 0 Å². The highest BCUT2D eigenvalue weighted by atomic mass is 79.9. The maximum Gasteiger partial charge on any atom is 0.0770 e. The van der Waals surface area contributed by atoms with Crippen molar-refractivity contribution in [3.05, 3.63) is 41.1 Å². The number of aryl methyl sites for hydroxylation is 1. The first-order valence-electron chi connectivity index (χ1n) is 4.25. The molecule has 72 valence electrons. The molecule has 0 aliphatic rings. The molecule has 14 heavy (non-hydrogen) atoms. The molecule has 0 atom stereocenters. The number of nitrogens with one attached hydrogen (secondary N) is 1. The Morgan fingerprint density at radius 3 is 2.50 bits per heavy atom. The third-order valence-corrected chi connectivity index (χ3v) is 2.37. The van der Waals surface area contributed by atoms with E-state index < -0.39 is 0 Å². The van der Waals surface area contributed by atoms with Gasteiger partial charge in [-0.05, 0) is 24.3 Å². The van der Waals surface area contributed by atoms with Gasteiger partial charge in [0.2, 0.25) is 0 Å². The third-order valence-electron chi connectivity index (χ3n) is 1.84. The van der Waals surface area contributed by atoms with E-state index in [0.717, 1.165) is 15.8 Å². The highest BCUT2D eigenvalue weighted by Gasteiger charge is 1.96. The smallest absolute Gasteiger partial charge is 0.0770 e. The summed E-state index contributed by atoms with van der Waals surface area (Å²) in [5.41, 5.74) is 2.05. The van der Waals surface area contributed by atoms with Gasteiger partial charge in [0, 0.05) is 23.4 Å². The molecule has 2 aromatic rings. The molecular weight excluding hydrogens is 242 g/mol. The highest BCUT2D eigenvalue weighted by molar-refractivity contribution is 9.10. The van der Waals surface area contributed by atoms with Crippen molar-refractivity contribution in [3.8, 4) is 0 Å². The largest absolute Gasteiger partial charge is 0.353 e. The van der Waals surface area contributed by atoms with Crippen LogP contribution in [0, 0.1) is 0 Å². The summed E-state index contributed by atoms with van der Waals surface area (Å²) >= 11 is 3.39. The van der Waals surface area contributed by atoms with Crippen LogP contribution in [0.1, 0.15) is 0 Å². The summed E-state index contributed by atoms with van der Waals surface area (Å²) in [4.78, 5) is 0. The van der Waals surface area contributed by atoms with Gasteiger partial charge in [-0.25, -0.2) is 0 Å². The number of halogens is 1. The van der Waals surface area contributed by atoms with E-state index in [-0.39, 0.29) is 0 Å². The maximum absolute atomic E-state index is 4.08. The normalized spacial score (nSPS) is 10.1. The van der Waals surface area contributed by atoms with Gasteiger partial charge in [0.25, 0.3) is 0 Å². The summed E-state index contributed by atoms with van der Waals surface area (Å²) in [6.07, 6.45) is 3.73. The number of benzene rings is 1. The Kier molecular flexibility index (Phi) is 2.54. The van der Waals surface area contributed by atoms with Gasteiger partial charge in [-0.1, -0.05) is 15.9 Å². The van der Waals surface area contributed by atoms with Crippen LogP contribution in [0.15, 0.2) is 41.1 Å². The lowest BCUT2D eigenvalue weighted by Crippen LogP contribution is -1.88. The molecule has 1 aromatic heterocycles. The Bertz CT molecular complexity index is 419. The summed E-state index contributed by atoms with van der Waals surface area (Å²) < 4.78 is 2.84. The number of rotatable bonds is 2. The predicted octanol–water partition coefficient (Wildman–Crippen LogP) is 2.93. The molecule has 4 heteroatoms. The maximum atomic E-state index is 4.08. The Morgan fingerprint density at radius 2 is 1.93 bits per heavy atom. The molecule has 0 radical (unpaired) electrons. The summed E-state index contributed by atoms with van der Waals surface area (Å²) in [5, 5.41) is 7.32. The average Bonchev–Trinajstić information content (AvgIpc) is 2.56. The first-order chi connectivity index (χ1) is 6.74. The zero-order valence-corrected chi connectivity index (χ0v) is 9.32. The molecule has 0 aliphatic heterocycles. The second-order valence-electron chi connectivity index (χ2n) is 3.03. The third kappa shape index (κ3) is 2.14. The SMILES string of the molecule is Cn1cc(Nc2ccc(Br)cc2)cn1. The molecule has 2 rings (SSSR count). The predicted molar refractivity (Wildman–Crippen MR) is 60.6 cm³/mol. The lowest BCUT2D eigenvalue weighted by molar-refractivity contribution is 0.768. The zero-order chi connectivity index (χ0) is 9.97. The zero-order valence-electron chi connectivity index (χ0n) is 7.74. The van der Waals surface area contributed by atoms with Crippen LogP contribution in [0.25, 0.3) is 0 Å². The Labute approximate surface area is 90.9 Å². The Hall–Kier alpha value is -1.29. The molecule has 0 aliphatic carbocycles. The van der Waals surface area contributed by atoms with Crippen molar-refractivity contribution in [2.45, 2.75) is 0 Å². The van der Waals surface area contributed by atoms with Gasteiger partial charge in [0.15, 0.2) is 0 Å². The van der Waals surface area contributed by atoms with Crippen molar-refractivity contribution in [2.24, 2.45) is 7.05 Å². The van der Waals surface area contributed by atoms with Crippen molar-refractivity contribution in [1.82, 2.24) is 9.78 Å². The number of hydrogen-bond donors (Lipinski definition) is 1. The van der Waals surface area contributed by atoms with Crippen LogP contribution in [-0.2, 0) is 7.05 Å². The topological polar surface area (TPSA) is 29.9 Å². The second kappa shape index (κ2) is 3.84. The molecule has 0 saturated heterocycles. The monoisotopic (exact) mass is 251 g/mol. The van der Waals surface area contributed by atoms with Gasteiger partial charge in [0.1, 0.15) is 0 Å². The molecule has 0 unspecified atom stereocenters. The molecule has 0 bridgehead atoms. The number of aromatic nitrogens is 2. The van der Waals surface area contributed by atoms with E-state index in [1.165, 1.54) is 0 Å². The second-order valence-corrected chi connectivity index (χ2v) is 3.95. The van der Waals surface area contributed by atoms with E-state index in [1.807, 2.05) is 37.5 Å². The first kappa shape index (κ1) is 9.27. The minimum Gasteiger partial charge on any atom is -0.353 e. The fraction of sp³-hybridized carbons (Fsp3) is 0.100.